The molecule has 0 radical (unpaired) electrons. The van der Waals surface area contributed by atoms with Gasteiger partial charge < -0.3 is 30.6 Å². The van der Waals surface area contributed by atoms with E-state index in [1.165, 1.54) is 6.20 Å². The Balaban J connectivity index is 1.29. The highest BCUT2D eigenvalue weighted by Crippen LogP contribution is 2.52. The van der Waals surface area contributed by atoms with Crippen molar-refractivity contribution in [3.63, 3.8) is 0 Å². The second kappa shape index (κ2) is 9.90. The Bertz CT molecular complexity index is 1460. The molecule has 1 spiro atoms. The number of ether oxygens (including phenoxy) is 3. The lowest BCUT2D eigenvalue weighted by Crippen LogP contribution is -2.36. The van der Waals surface area contributed by atoms with Crippen molar-refractivity contribution in [1.29, 1.82) is 0 Å². The molecule has 3 fully saturated rings. The van der Waals surface area contributed by atoms with Gasteiger partial charge in [-0.3, -0.25) is 14.3 Å². The van der Waals surface area contributed by atoms with Gasteiger partial charge in [-0.1, -0.05) is 26.0 Å². The highest BCUT2D eigenvalue weighted by Gasteiger charge is 2.51. The van der Waals surface area contributed by atoms with Crippen molar-refractivity contribution in [3.05, 3.63) is 48.4 Å². The molecule has 2 atom stereocenters. The minimum absolute atomic E-state index is 0.000779. The van der Waals surface area contributed by atoms with E-state index in [9.17, 15) is 9.59 Å². The summed E-state index contributed by atoms with van der Waals surface area (Å²) < 4.78 is 19.8. The van der Waals surface area contributed by atoms with Crippen LogP contribution in [0.4, 0.5) is 17.2 Å². The SMILES string of the molecule is COc1c(Nc2cc(NC(=O)[C@H]3CC3(C)C)ncc2C(N)=O)cccc1-c1cnn([C@H]2CCCC23OCCO3)c1. The van der Waals surface area contributed by atoms with Crippen molar-refractivity contribution in [3.8, 4) is 16.9 Å². The number of amides is 2. The molecule has 11 heteroatoms. The Labute approximate surface area is 232 Å². The van der Waals surface area contributed by atoms with Gasteiger partial charge in [0.05, 0.1) is 43.5 Å². The third-order valence-electron chi connectivity index (χ3n) is 8.26. The Morgan fingerprint density at radius 2 is 1.95 bits per heavy atom. The Morgan fingerprint density at radius 1 is 1.18 bits per heavy atom. The van der Waals surface area contributed by atoms with Gasteiger partial charge in [0.15, 0.2) is 5.79 Å². The average molecular weight is 547 g/mol. The molecule has 2 aromatic heterocycles. The Hall–Kier alpha value is -3.96. The average Bonchev–Trinajstić information content (AvgIpc) is 3.41. The van der Waals surface area contributed by atoms with Crippen molar-refractivity contribution < 1.29 is 23.8 Å². The summed E-state index contributed by atoms with van der Waals surface area (Å²) in [5, 5.41) is 10.8. The molecular formula is C29H34N6O5. The smallest absolute Gasteiger partial charge is 0.252 e. The van der Waals surface area contributed by atoms with Crippen LogP contribution in [0.1, 0.15) is 55.9 Å². The Kier molecular flexibility index (Phi) is 6.50. The van der Waals surface area contributed by atoms with Crippen molar-refractivity contribution in [1.82, 2.24) is 14.8 Å². The Morgan fingerprint density at radius 3 is 2.65 bits per heavy atom. The van der Waals surface area contributed by atoms with Crippen molar-refractivity contribution in [2.75, 3.05) is 31.0 Å². The van der Waals surface area contributed by atoms with Crippen LogP contribution >= 0.6 is 0 Å². The van der Waals surface area contributed by atoms with Crippen LogP contribution in [0.3, 0.4) is 0 Å². The molecule has 0 bridgehead atoms. The van der Waals surface area contributed by atoms with E-state index in [1.54, 1.807) is 19.4 Å². The molecule has 1 aliphatic heterocycles. The number of anilines is 3. The molecule has 2 amide bonds. The summed E-state index contributed by atoms with van der Waals surface area (Å²) in [4.78, 5) is 29.1. The normalized spacial score (nSPS) is 22.3. The van der Waals surface area contributed by atoms with Crippen LogP contribution in [0.25, 0.3) is 11.1 Å². The zero-order valence-electron chi connectivity index (χ0n) is 22.9. The minimum atomic E-state index is -0.644. The van der Waals surface area contributed by atoms with Crippen LogP contribution in [-0.4, -0.2) is 52.7 Å². The van der Waals surface area contributed by atoms with Gasteiger partial charge in [0.25, 0.3) is 5.91 Å². The van der Waals surface area contributed by atoms with Crippen LogP contribution in [-0.2, 0) is 14.3 Å². The zero-order chi connectivity index (χ0) is 28.1. The van der Waals surface area contributed by atoms with Crippen molar-refractivity contribution >= 4 is 29.0 Å². The maximum absolute atomic E-state index is 12.7. The third-order valence-corrected chi connectivity index (χ3v) is 8.26. The first-order valence-corrected chi connectivity index (χ1v) is 13.6. The van der Waals surface area contributed by atoms with Crippen LogP contribution in [0.2, 0.25) is 0 Å². The van der Waals surface area contributed by atoms with E-state index in [0.29, 0.717) is 36.2 Å². The van der Waals surface area contributed by atoms with Crippen LogP contribution in [0, 0.1) is 11.3 Å². The molecule has 6 rings (SSSR count). The molecule has 1 aromatic carbocycles. The third kappa shape index (κ3) is 4.69. The molecule has 40 heavy (non-hydrogen) atoms. The number of primary amides is 1. The van der Waals surface area contributed by atoms with Crippen LogP contribution < -0.4 is 21.1 Å². The number of rotatable bonds is 8. The highest BCUT2D eigenvalue weighted by molar-refractivity contribution is 6.01. The molecule has 3 heterocycles. The van der Waals surface area contributed by atoms with E-state index in [4.69, 9.17) is 19.9 Å². The van der Waals surface area contributed by atoms with E-state index in [-0.39, 0.29) is 28.8 Å². The summed E-state index contributed by atoms with van der Waals surface area (Å²) >= 11 is 0. The number of hydrogen-bond acceptors (Lipinski definition) is 8. The van der Waals surface area contributed by atoms with Crippen LogP contribution in [0.15, 0.2) is 42.9 Å². The number of pyridine rings is 1. The summed E-state index contributed by atoms with van der Waals surface area (Å²) in [6.45, 7) is 5.30. The van der Waals surface area contributed by atoms with Gasteiger partial charge in [-0.25, -0.2) is 4.98 Å². The highest BCUT2D eigenvalue weighted by atomic mass is 16.7. The standard InChI is InChI=1S/C29H34N6O5/c1-28(2)13-20(28)27(37)34-24-12-22(19(15-31-24)26(30)36)33-21-7-4-6-18(25(21)38-3)17-14-32-35(16-17)23-8-5-9-29(23)39-10-11-40-29/h4,6-7,12,14-16,20,23H,5,8-11,13H2,1-3H3,(H2,30,36)(H2,31,33,34,37)/t20-,23+/m1/s1. The molecule has 1 saturated heterocycles. The number of hydrogen-bond donors (Lipinski definition) is 3. The van der Waals surface area contributed by atoms with Gasteiger partial charge in [0.1, 0.15) is 17.6 Å². The van der Waals surface area contributed by atoms with Crippen molar-refractivity contribution in [2.45, 2.75) is 51.4 Å². The number of benzene rings is 1. The fourth-order valence-corrected chi connectivity index (χ4v) is 5.90. The largest absolute Gasteiger partial charge is 0.494 e. The van der Waals surface area contributed by atoms with Crippen LogP contribution in [0.5, 0.6) is 5.75 Å². The number of nitrogens with two attached hydrogens (primary N) is 1. The van der Waals surface area contributed by atoms with Gasteiger partial charge in [-0.15, -0.1) is 0 Å². The van der Waals surface area contributed by atoms with Gasteiger partial charge in [-0.05, 0) is 30.7 Å². The molecular weight excluding hydrogens is 512 g/mol. The van der Waals surface area contributed by atoms with E-state index in [1.807, 2.05) is 29.1 Å². The predicted molar refractivity (Wildman–Crippen MR) is 148 cm³/mol. The van der Waals surface area contributed by atoms with Gasteiger partial charge in [0, 0.05) is 41.9 Å². The summed E-state index contributed by atoms with van der Waals surface area (Å²) in [7, 11) is 1.59. The first-order valence-electron chi connectivity index (χ1n) is 13.6. The fraction of sp³-hybridized carbons (Fsp3) is 0.448. The van der Waals surface area contributed by atoms with Crippen molar-refractivity contribution in [2.24, 2.45) is 17.1 Å². The lowest BCUT2D eigenvalue weighted by atomic mass is 10.1. The lowest BCUT2D eigenvalue weighted by Gasteiger charge is -2.29. The molecule has 210 valence electrons. The van der Waals surface area contributed by atoms with E-state index in [2.05, 4.69) is 34.6 Å². The number of nitrogens with zero attached hydrogens (tertiary/aromatic N) is 3. The monoisotopic (exact) mass is 546 g/mol. The molecule has 3 aromatic rings. The maximum atomic E-state index is 12.7. The second-order valence-corrected chi connectivity index (χ2v) is 11.4. The molecule has 2 saturated carbocycles. The summed E-state index contributed by atoms with van der Waals surface area (Å²) in [5.74, 6) is -0.512. The van der Waals surface area contributed by atoms with E-state index < -0.39 is 11.7 Å². The lowest BCUT2D eigenvalue weighted by molar-refractivity contribution is -0.177. The number of aromatic nitrogens is 3. The maximum Gasteiger partial charge on any atom is 0.252 e. The van der Waals surface area contributed by atoms with Gasteiger partial charge in [0.2, 0.25) is 5.91 Å². The summed E-state index contributed by atoms with van der Waals surface area (Å²) in [6, 6.07) is 7.29. The quantitative estimate of drug-likeness (QED) is 0.381. The predicted octanol–water partition coefficient (Wildman–Crippen LogP) is 4.25. The van der Waals surface area contributed by atoms with Gasteiger partial charge >= 0.3 is 0 Å². The molecule has 2 aliphatic carbocycles. The topological polar surface area (TPSA) is 143 Å². The first-order chi connectivity index (χ1) is 19.2. The summed E-state index contributed by atoms with van der Waals surface area (Å²) in [6.07, 6.45) is 8.77. The fourth-order valence-electron chi connectivity index (χ4n) is 5.90. The molecule has 4 N–H and O–H groups in total. The minimum Gasteiger partial charge on any atom is -0.494 e. The summed E-state index contributed by atoms with van der Waals surface area (Å²) in [5.41, 5.74) is 8.52. The number of methoxy groups -OCH3 is 1. The molecule has 0 unspecified atom stereocenters. The number of carbonyl (C=O) groups excluding carboxylic acids is 2. The number of para-hydroxylation sites is 1. The number of carbonyl (C=O) groups is 2. The molecule has 11 nitrogen and oxygen atoms in total. The zero-order valence-corrected chi connectivity index (χ0v) is 22.9. The second-order valence-electron chi connectivity index (χ2n) is 11.4. The number of nitrogens with one attached hydrogen (secondary N) is 2. The molecule has 3 aliphatic rings. The van der Waals surface area contributed by atoms with E-state index in [0.717, 1.165) is 36.8 Å². The van der Waals surface area contributed by atoms with E-state index >= 15 is 0 Å². The van der Waals surface area contributed by atoms with Gasteiger partial charge in [-0.2, -0.15) is 5.10 Å². The first kappa shape index (κ1) is 26.3.